The molecule has 5 nitrogen and oxygen atoms in total. The van der Waals surface area contributed by atoms with Crippen LogP contribution in [0.5, 0.6) is 23.0 Å². The van der Waals surface area contributed by atoms with Gasteiger partial charge in [-0.25, -0.2) is 0 Å². The van der Waals surface area contributed by atoms with E-state index in [2.05, 4.69) is 4.37 Å². The molecular formula is C18H16NO4S-. The Balaban J connectivity index is 2.14. The Hall–Kier alpha value is -2.73. The van der Waals surface area contributed by atoms with Gasteiger partial charge in [-0.2, -0.15) is 4.37 Å². The van der Waals surface area contributed by atoms with E-state index in [-0.39, 0.29) is 5.75 Å². The van der Waals surface area contributed by atoms with E-state index in [1.54, 1.807) is 45.6 Å². The van der Waals surface area contributed by atoms with E-state index >= 15 is 0 Å². The number of hydrogen-bond donors (Lipinski definition) is 0. The van der Waals surface area contributed by atoms with Gasteiger partial charge >= 0.3 is 0 Å². The van der Waals surface area contributed by atoms with E-state index in [1.165, 1.54) is 11.5 Å². The van der Waals surface area contributed by atoms with E-state index in [4.69, 9.17) is 14.2 Å². The summed E-state index contributed by atoms with van der Waals surface area (Å²) >= 11 is 1.36. The normalized spacial score (nSPS) is 10.5. The van der Waals surface area contributed by atoms with Crippen LogP contribution in [0.2, 0.25) is 0 Å². The van der Waals surface area contributed by atoms with Crippen LogP contribution in [0, 0.1) is 0 Å². The Morgan fingerprint density at radius 2 is 1.50 bits per heavy atom. The van der Waals surface area contributed by atoms with Crippen LogP contribution in [0.3, 0.4) is 0 Å². The van der Waals surface area contributed by atoms with Crippen molar-refractivity contribution in [3.8, 4) is 45.4 Å². The molecule has 0 amide bonds. The van der Waals surface area contributed by atoms with Crippen molar-refractivity contribution in [2.24, 2.45) is 0 Å². The molecule has 124 valence electrons. The predicted molar refractivity (Wildman–Crippen MR) is 92.1 cm³/mol. The third-order valence-corrected chi connectivity index (χ3v) is 4.30. The molecule has 24 heavy (non-hydrogen) atoms. The fourth-order valence-electron chi connectivity index (χ4n) is 2.50. The molecule has 3 aromatic rings. The quantitative estimate of drug-likeness (QED) is 0.709. The molecule has 0 saturated carbocycles. The van der Waals surface area contributed by atoms with Crippen LogP contribution in [-0.4, -0.2) is 25.7 Å². The van der Waals surface area contributed by atoms with Crippen LogP contribution in [0.4, 0.5) is 0 Å². The van der Waals surface area contributed by atoms with Gasteiger partial charge in [-0.1, -0.05) is 24.3 Å². The first-order chi connectivity index (χ1) is 11.7. The maximum absolute atomic E-state index is 11.3. The second-order valence-electron chi connectivity index (χ2n) is 5.02. The van der Waals surface area contributed by atoms with Crippen LogP contribution in [0.25, 0.3) is 22.4 Å². The van der Waals surface area contributed by atoms with Crippen molar-refractivity contribution in [3.63, 3.8) is 0 Å². The summed E-state index contributed by atoms with van der Waals surface area (Å²) < 4.78 is 20.7. The van der Waals surface area contributed by atoms with Gasteiger partial charge in [0.15, 0.2) is 11.5 Å². The fraction of sp³-hybridized carbons (Fsp3) is 0.167. The largest absolute Gasteiger partial charge is 0.872 e. The van der Waals surface area contributed by atoms with Crippen molar-refractivity contribution in [1.82, 2.24) is 4.37 Å². The van der Waals surface area contributed by atoms with Crippen molar-refractivity contribution < 1.29 is 19.3 Å². The second-order valence-corrected chi connectivity index (χ2v) is 5.64. The zero-order chi connectivity index (χ0) is 17.1. The molecule has 3 rings (SSSR count). The molecule has 6 heteroatoms. The summed E-state index contributed by atoms with van der Waals surface area (Å²) in [5.74, 6) is 1.66. The first-order valence-corrected chi connectivity index (χ1v) is 8.03. The number of rotatable bonds is 5. The van der Waals surface area contributed by atoms with Crippen LogP contribution < -0.4 is 19.3 Å². The fourth-order valence-corrected chi connectivity index (χ4v) is 3.22. The summed E-state index contributed by atoms with van der Waals surface area (Å²) in [7, 11) is 4.73. The summed E-state index contributed by atoms with van der Waals surface area (Å²) in [6.45, 7) is 0. The van der Waals surface area contributed by atoms with Crippen LogP contribution in [0.15, 0.2) is 41.8 Å². The minimum atomic E-state index is -0.0173. The van der Waals surface area contributed by atoms with Gasteiger partial charge in [0.2, 0.25) is 5.75 Å². The lowest BCUT2D eigenvalue weighted by molar-refractivity contribution is -0.268. The lowest BCUT2D eigenvalue weighted by atomic mass is 10.0. The zero-order valence-electron chi connectivity index (χ0n) is 13.5. The highest BCUT2D eigenvalue weighted by molar-refractivity contribution is 7.04. The zero-order valence-corrected chi connectivity index (χ0v) is 14.3. The average molecular weight is 342 g/mol. The highest BCUT2D eigenvalue weighted by atomic mass is 32.1. The molecule has 0 N–H and O–H groups in total. The molecule has 0 radical (unpaired) electrons. The summed E-state index contributed by atoms with van der Waals surface area (Å²) in [6.07, 6.45) is 0. The number of hydrogen-bond acceptors (Lipinski definition) is 6. The average Bonchev–Trinajstić information content (AvgIpc) is 3.10. The topological polar surface area (TPSA) is 63.6 Å². The molecule has 0 atom stereocenters. The SMILES string of the molecule is COc1cc(-c2nscc2-c2ccc([O-])cc2)cc(OC)c1OC. The highest BCUT2D eigenvalue weighted by Gasteiger charge is 2.17. The third kappa shape index (κ3) is 2.88. The number of aromatic nitrogens is 1. The molecule has 0 fully saturated rings. The van der Waals surface area contributed by atoms with Gasteiger partial charge in [-0.15, -0.1) is 5.75 Å². The van der Waals surface area contributed by atoms with Gasteiger partial charge in [0.05, 0.1) is 27.0 Å². The Kier molecular flexibility index (Phi) is 4.57. The molecule has 1 aromatic heterocycles. The van der Waals surface area contributed by atoms with E-state index in [0.29, 0.717) is 17.2 Å². The maximum atomic E-state index is 11.3. The van der Waals surface area contributed by atoms with Crippen LogP contribution in [0.1, 0.15) is 0 Å². The van der Waals surface area contributed by atoms with Gasteiger partial charge in [0, 0.05) is 16.5 Å². The summed E-state index contributed by atoms with van der Waals surface area (Å²) in [4.78, 5) is 0. The van der Waals surface area contributed by atoms with Gasteiger partial charge in [0.25, 0.3) is 0 Å². The Bertz CT molecular complexity index is 817. The standard InChI is InChI=1S/C18H17NO4S/c1-21-15-8-12(9-16(22-2)18(15)23-3)17-14(10-24-19-17)11-4-6-13(20)7-5-11/h4-10,20H,1-3H3/p-1. The smallest absolute Gasteiger partial charge is 0.203 e. The number of ether oxygens (including phenoxy) is 3. The predicted octanol–water partition coefficient (Wildman–Crippen LogP) is 3.58. The molecule has 0 aliphatic rings. The number of methoxy groups -OCH3 is 3. The second kappa shape index (κ2) is 6.80. The van der Waals surface area contributed by atoms with Gasteiger partial charge in [-0.3, -0.25) is 0 Å². The Labute approximate surface area is 144 Å². The monoisotopic (exact) mass is 342 g/mol. The van der Waals surface area contributed by atoms with Gasteiger partial charge in [0.1, 0.15) is 0 Å². The number of nitrogens with zero attached hydrogens (tertiary/aromatic N) is 1. The molecule has 2 aromatic carbocycles. The van der Waals surface area contributed by atoms with E-state index in [9.17, 15) is 5.11 Å². The van der Waals surface area contributed by atoms with Crippen molar-refractivity contribution in [2.75, 3.05) is 21.3 Å². The molecule has 0 bridgehead atoms. The van der Waals surface area contributed by atoms with Crippen molar-refractivity contribution >= 4 is 11.5 Å². The molecule has 1 heterocycles. The highest BCUT2D eigenvalue weighted by Crippen LogP contribution is 2.43. The molecule has 0 spiro atoms. The lowest BCUT2D eigenvalue weighted by Gasteiger charge is -2.14. The van der Waals surface area contributed by atoms with Crippen molar-refractivity contribution in [2.45, 2.75) is 0 Å². The molecule has 0 unspecified atom stereocenters. The van der Waals surface area contributed by atoms with Crippen molar-refractivity contribution in [3.05, 3.63) is 41.8 Å². The van der Waals surface area contributed by atoms with Crippen LogP contribution >= 0.6 is 11.5 Å². The van der Waals surface area contributed by atoms with Crippen LogP contribution in [-0.2, 0) is 0 Å². The summed E-state index contributed by atoms with van der Waals surface area (Å²) in [5.41, 5.74) is 3.55. The van der Waals surface area contributed by atoms with Gasteiger partial charge in [-0.05, 0) is 29.2 Å². The van der Waals surface area contributed by atoms with Crippen molar-refractivity contribution in [1.29, 1.82) is 0 Å². The lowest BCUT2D eigenvalue weighted by Crippen LogP contribution is -1.96. The number of benzene rings is 2. The maximum Gasteiger partial charge on any atom is 0.203 e. The minimum absolute atomic E-state index is 0.0173. The Morgan fingerprint density at radius 3 is 2.04 bits per heavy atom. The molecule has 0 aliphatic carbocycles. The summed E-state index contributed by atoms with van der Waals surface area (Å²) in [6, 6.07) is 10.4. The molecule has 0 aliphatic heterocycles. The summed E-state index contributed by atoms with van der Waals surface area (Å²) in [5, 5.41) is 13.3. The minimum Gasteiger partial charge on any atom is -0.872 e. The van der Waals surface area contributed by atoms with E-state index < -0.39 is 0 Å². The molecule has 0 saturated heterocycles. The van der Waals surface area contributed by atoms with E-state index in [0.717, 1.165) is 22.4 Å². The van der Waals surface area contributed by atoms with Gasteiger partial charge < -0.3 is 19.3 Å². The Morgan fingerprint density at radius 1 is 0.875 bits per heavy atom. The third-order valence-electron chi connectivity index (χ3n) is 3.67. The molecular weight excluding hydrogens is 326 g/mol. The first kappa shape index (κ1) is 16.1. The van der Waals surface area contributed by atoms with E-state index in [1.807, 2.05) is 17.5 Å². The first-order valence-electron chi connectivity index (χ1n) is 7.20.